The number of urea groups is 1. The van der Waals surface area contributed by atoms with E-state index in [-0.39, 0.29) is 28.5 Å². The monoisotopic (exact) mass is 474 g/mol. The van der Waals surface area contributed by atoms with Crippen LogP contribution in [0.1, 0.15) is 23.6 Å². The SMILES string of the molecule is COc1nc(-n2nccn2)c(Cl)cc1NC(=O)Nc1cnc2sc(C)nc2c1C(C)OC. The first-order chi connectivity index (χ1) is 15.4. The van der Waals surface area contributed by atoms with E-state index in [1.807, 2.05) is 13.8 Å². The number of amides is 2. The first kappa shape index (κ1) is 21.9. The smallest absolute Gasteiger partial charge is 0.323 e. The average Bonchev–Trinajstić information content (AvgIpc) is 3.42. The van der Waals surface area contributed by atoms with Gasteiger partial charge < -0.3 is 20.1 Å². The topological polar surface area (TPSA) is 129 Å². The zero-order chi connectivity index (χ0) is 22.8. The minimum atomic E-state index is -0.538. The number of aromatic nitrogens is 6. The van der Waals surface area contributed by atoms with Crippen LogP contribution in [0, 0.1) is 6.92 Å². The van der Waals surface area contributed by atoms with Crippen LogP contribution in [0.5, 0.6) is 5.88 Å². The number of hydrogen-bond acceptors (Lipinski definition) is 9. The van der Waals surface area contributed by atoms with E-state index in [2.05, 4.69) is 35.8 Å². The third-order valence-electron chi connectivity index (χ3n) is 4.55. The molecule has 2 N–H and O–H groups in total. The highest BCUT2D eigenvalue weighted by Crippen LogP contribution is 2.34. The summed E-state index contributed by atoms with van der Waals surface area (Å²) in [5.41, 5.74) is 2.18. The number of aryl methyl sites for hydroxylation is 1. The molecule has 4 rings (SSSR count). The van der Waals surface area contributed by atoms with Gasteiger partial charge in [0, 0.05) is 12.7 Å². The number of nitrogens with zero attached hydrogens (tertiary/aromatic N) is 6. The molecule has 0 aliphatic rings. The maximum Gasteiger partial charge on any atom is 0.323 e. The number of hydrogen-bond donors (Lipinski definition) is 2. The van der Waals surface area contributed by atoms with Gasteiger partial charge in [-0.25, -0.2) is 14.8 Å². The largest absolute Gasteiger partial charge is 0.479 e. The van der Waals surface area contributed by atoms with Gasteiger partial charge in [-0.15, -0.1) is 4.80 Å². The molecule has 4 aromatic heterocycles. The molecular weight excluding hydrogens is 456 g/mol. The van der Waals surface area contributed by atoms with Crippen LogP contribution < -0.4 is 15.4 Å². The summed E-state index contributed by atoms with van der Waals surface area (Å²) in [6.45, 7) is 3.78. The lowest BCUT2D eigenvalue weighted by Gasteiger charge is -2.17. The Kier molecular flexibility index (Phi) is 6.17. The third-order valence-corrected chi connectivity index (χ3v) is 5.71. The number of nitrogens with one attached hydrogen (secondary N) is 2. The molecule has 0 fully saturated rings. The van der Waals surface area contributed by atoms with Crippen molar-refractivity contribution in [3.8, 4) is 11.7 Å². The highest BCUT2D eigenvalue weighted by molar-refractivity contribution is 7.18. The second kappa shape index (κ2) is 9.02. The molecule has 0 radical (unpaired) electrons. The highest BCUT2D eigenvalue weighted by Gasteiger charge is 2.21. The molecule has 4 heterocycles. The first-order valence-electron chi connectivity index (χ1n) is 9.39. The maximum absolute atomic E-state index is 12.8. The van der Waals surface area contributed by atoms with Crippen LogP contribution in [-0.4, -0.2) is 50.2 Å². The Labute approximate surface area is 191 Å². The summed E-state index contributed by atoms with van der Waals surface area (Å²) in [6, 6.07) is 0.971. The number of carbonyl (C=O) groups is 1. The summed E-state index contributed by atoms with van der Waals surface area (Å²) in [6.07, 6.45) is 4.26. The molecule has 0 bridgehead atoms. The second-order valence-corrected chi connectivity index (χ2v) is 8.19. The average molecular weight is 475 g/mol. The lowest BCUT2D eigenvalue weighted by molar-refractivity contribution is 0.121. The Balaban J connectivity index is 1.63. The van der Waals surface area contributed by atoms with Crippen LogP contribution in [0.4, 0.5) is 16.2 Å². The summed E-state index contributed by atoms with van der Waals surface area (Å²) < 4.78 is 10.8. The maximum atomic E-state index is 12.8. The van der Waals surface area contributed by atoms with E-state index in [4.69, 9.17) is 21.1 Å². The molecule has 0 spiro atoms. The normalized spacial score (nSPS) is 12.0. The van der Waals surface area contributed by atoms with Crippen molar-refractivity contribution in [1.29, 1.82) is 0 Å². The summed E-state index contributed by atoms with van der Waals surface area (Å²) in [5.74, 6) is 0.412. The van der Waals surface area contributed by atoms with E-state index in [0.29, 0.717) is 11.2 Å². The lowest BCUT2D eigenvalue weighted by Crippen LogP contribution is -2.22. The van der Waals surface area contributed by atoms with Crippen molar-refractivity contribution < 1.29 is 14.3 Å². The van der Waals surface area contributed by atoms with Crippen molar-refractivity contribution in [2.24, 2.45) is 0 Å². The van der Waals surface area contributed by atoms with E-state index >= 15 is 0 Å². The fourth-order valence-electron chi connectivity index (χ4n) is 3.08. The summed E-state index contributed by atoms with van der Waals surface area (Å²) >= 11 is 7.80. The molecule has 13 heteroatoms. The Morgan fingerprint density at radius 1 is 1.19 bits per heavy atom. The number of anilines is 2. The van der Waals surface area contributed by atoms with E-state index in [1.54, 1.807) is 13.3 Å². The number of fused-ring (bicyclic) bond motifs is 1. The van der Waals surface area contributed by atoms with Gasteiger partial charge in [0.25, 0.3) is 0 Å². The Morgan fingerprint density at radius 3 is 2.59 bits per heavy atom. The standard InChI is InChI=1S/C19H19ClN8O3S/c1-9(30-3)14-13(8-21-18-15(14)24-10(2)32-18)26-19(29)25-12-7-11(20)16(27-17(12)31-4)28-22-5-6-23-28/h5-9H,1-4H3,(H2,25,26,29). The third kappa shape index (κ3) is 4.20. The molecule has 1 unspecified atom stereocenters. The summed E-state index contributed by atoms with van der Waals surface area (Å²) in [4.78, 5) is 28.1. The van der Waals surface area contributed by atoms with Gasteiger partial charge in [0.15, 0.2) is 5.82 Å². The number of halogens is 1. The van der Waals surface area contributed by atoms with Crippen LogP contribution in [0.2, 0.25) is 5.02 Å². The molecular formula is C19H19ClN8O3S. The van der Waals surface area contributed by atoms with Crippen molar-refractivity contribution in [2.75, 3.05) is 24.9 Å². The predicted molar refractivity (Wildman–Crippen MR) is 121 cm³/mol. The highest BCUT2D eigenvalue weighted by atomic mass is 35.5. The number of rotatable bonds is 6. The van der Waals surface area contributed by atoms with E-state index in [1.165, 1.54) is 41.7 Å². The minimum absolute atomic E-state index is 0.144. The van der Waals surface area contributed by atoms with Crippen molar-refractivity contribution in [2.45, 2.75) is 20.0 Å². The molecule has 32 heavy (non-hydrogen) atoms. The van der Waals surface area contributed by atoms with Crippen LogP contribution in [0.15, 0.2) is 24.7 Å². The van der Waals surface area contributed by atoms with Gasteiger partial charge in [-0.3, -0.25) is 0 Å². The Hall–Kier alpha value is -3.35. The van der Waals surface area contributed by atoms with Gasteiger partial charge in [0.1, 0.15) is 16.0 Å². The van der Waals surface area contributed by atoms with Gasteiger partial charge in [-0.2, -0.15) is 15.2 Å². The molecule has 0 aliphatic carbocycles. The van der Waals surface area contributed by atoms with Gasteiger partial charge in [-0.1, -0.05) is 22.9 Å². The zero-order valence-electron chi connectivity index (χ0n) is 17.6. The number of thiazole rings is 1. The number of pyridine rings is 2. The van der Waals surface area contributed by atoms with Gasteiger partial charge >= 0.3 is 6.03 Å². The summed E-state index contributed by atoms with van der Waals surface area (Å²) in [7, 11) is 3.02. The number of methoxy groups -OCH3 is 2. The van der Waals surface area contributed by atoms with Crippen LogP contribution in [0.25, 0.3) is 16.2 Å². The molecule has 11 nitrogen and oxygen atoms in total. The fourth-order valence-corrected chi connectivity index (χ4v) is 4.08. The summed E-state index contributed by atoms with van der Waals surface area (Å²) in [5, 5.41) is 14.6. The lowest BCUT2D eigenvalue weighted by atomic mass is 10.1. The van der Waals surface area contributed by atoms with Gasteiger partial charge in [-0.05, 0) is 19.9 Å². The second-order valence-electron chi connectivity index (χ2n) is 6.60. The predicted octanol–water partition coefficient (Wildman–Crippen LogP) is 3.99. The minimum Gasteiger partial charge on any atom is -0.479 e. The van der Waals surface area contributed by atoms with Crippen molar-refractivity contribution in [1.82, 2.24) is 29.9 Å². The van der Waals surface area contributed by atoms with Crippen LogP contribution in [-0.2, 0) is 4.74 Å². The molecule has 166 valence electrons. The van der Waals surface area contributed by atoms with Crippen molar-refractivity contribution in [3.63, 3.8) is 0 Å². The molecule has 1 atom stereocenters. The fraction of sp³-hybridized carbons (Fsp3) is 0.263. The molecule has 0 aromatic carbocycles. The zero-order valence-corrected chi connectivity index (χ0v) is 19.2. The first-order valence-corrected chi connectivity index (χ1v) is 10.6. The van der Waals surface area contributed by atoms with Crippen molar-refractivity contribution >= 4 is 50.7 Å². The van der Waals surface area contributed by atoms with Crippen LogP contribution >= 0.6 is 22.9 Å². The Morgan fingerprint density at radius 2 is 1.91 bits per heavy atom. The number of carbonyl (C=O) groups excluding carboxylic acids is 1. The van der Waals surface area contributed by atoms with Crippen LogP contribution in [0.3, 0.4) is 0 Å². The van der Waals surface area contributed by atoms with E-state index in [0.717, 1.165) is 15.4 Å². The Bertz CT molecular complexity index is 1280. The molecule has 2 amide bonds. The molecule has 0 saturated carbocycles. The molecule has 0 aliphatic heterocycles. The number of ether oxygens (including phenoxy) is 2. The quantitative estimate of drug-likeness (QED) is 0.429. The van der Waals surface area contributed by atoms with E-state index in [9.17, 15) is 4.79 Å². The van der Waals surface area contributed by atoms with E-state index < -0.39 is 6.03 Å². The van der Waals surface area contributed by atoms with Gasteiger partial charge in [0.2, 0.25) is 5.88 Å². The van der Waals surface area contributed by atoms with Gasteiger partial charge in [0.05, 0.1) is 47.5 Å². The molecule has 4 aromatic rings. The molecule has 0 saturated heterocycles. The van der Waals surface area contributed by atoms with Crippen molar-refractivity contribution in [3.05, 3.63) is 40.3 Å².